The molecule has 0 bridgehead atoms. The van der Waals surface area contributed by atoms with E-state index in [-0.39, 0.29) is 25.6 Å². The second-order valence-electron chi connectivity index (χ2n) is 7.99. The zero-order chi connectivity index (χ0) is 22.9. The van der Waals surface area contributed by atoms with E-state index in [4.69, 9.17) is 14.2 Å². The van der Waals surface area contributed by atoms with Crippen LogP contribution in [-0.2, 0) is 38.8 Å². The molecular weight excluding hydrogens is 416 g/mol. The molecule has 3 aromatic carbocycles. The highest BCUT2D eigenvalue weighted by atomic mass is 16.6. The molecule has 4 atom stereocenters. The minimum Gasteiger partial charge on any atom is -0.386 e. The molecule has 1 aliphatic carbocycles. The number of benzene rings is 3. The van der Waals surface area contributed by atoms with Crippen molar-refractivity contribution in [1.82, 2.24) is 0 Å². The quantitative estimate of drug-likeness (QED) is 0.535. The Morgan fingerprint density at radius 1 is 0.606 bits per heavy atom. The van der Waals surface area contributed by atoms with E-state index in [1.54, 1.807) is 0 Å². The van der Waals surface area contributed by atoms with Gasteiger partial charge in [-0.3, -0.25) is 4.79 Å². The van der Waals surface area contributed by atoms with E-state index in [0.29, 0.717) is 0 Å². The number of rotatable bonds is 9. The van der Waals surface area contributed by atoms with Gasteiger partial charge in [-0.15, -0.1) is 0 Å². The molecule has 5 nitrogen and oxygen atoms in total. The van der Waals surface area contributed by atoms with Crippen LogP contribution in [-0.4, -0.2) is 35.3 Å². The number of hydrogen-bond acceptors (Lipinski definition) is 5. The lowest BCUT2D eigenvalue weighted by atomic mass is 10.0. The fraction of sp³-hybridized carbons (Fsp3) is 0.250. The maximum Gasteiger partial charge on any atom is 0.186 e. The molecule has 0 heterocycles. The summed E-state index contributed by atoms with van der Waals surface area (Å²) in [5.41, 5.74) is 2.87. The molecule has 0 fully saturated rings. The van der Waals surface area contributed by atoms with E-state index in [2.05, 4.69) is 0 Å². The summed E-state index contributed by atoms with van der Waals surface area (Å²) in [5, 5.41) is 10.8. The number of aliphatic hydroxyl groups excluding tert-OH is 1. The van der Waals surface area contributed by atoms with Crippen LogP contribution in [0.15, 0.2) is 103 Å². The summed E-state index contributed by atoms with van der Waals surface area (Å²) in [6.45, 7) is 0.793. The van der Waals surface area contributed by atoms with Crippen LogP contribution < -0.4 is 0 Å². The Bertz CT molecular complexity index is 1020. The van der Waals surface area contributed by atoms with E-state index in [9.17, 15) is 9.90 Å². The van der Waals surface area contributed by atoms with Crippen molar-refractivity contribution >= 4 is 5.78 Å². The lowest BCUT2D eigenvalue weighted by Gasteiger charge is -2.32. The summed E-state index contributed by atoms with van der Waals surface area (Å²) >= 11 is 0. The smallest absolute Gasteiger partial charge is 0.186 e. The fourth-order valence-corrected chi connectivity index (χ4v) is 3.77. The van der Waals surface area contributed by atoms with Crippen LogP contribution in [0.3, 0.4) is 0 Å². The normalized spacial score (nSPS) is 22.8. The molecule has 1 N–H and O–H groups in total. The largest absolute Gasteiger partial charge is 0.386 e. The number of ether oxygens (including phenoxy) is 3. The highest BCUT2D eigenvalue weighted by Gasteiger charge is 2.41. The lowest BCUT2D eigenvalue weighted by Crippen LogP contribution is -2.49. The van der Waals surface area contributed by atoms with Crippen molar-refractivity contribution in [3.05, 3.63) is 120 Å². The van der Waals surface area contributed by atoms with Crippen molar-refractivity contribution in [2.24, 2.45) is 0 Å². The van der Waals surface area contributed by atoms with Crippen molar-refractivity contribution < 1.29 is 24.1 Å². The molecule has 0 saturated carbocycles. The molecule has 170 valence electrons. The monoisotopic (exact) mass is 444 g/mol. The first-order chi connectivity index (χ1) is 16.2. The van der Waals surface area contributed by atoms with E-state index in [1.807, 2.05) is 91.0 Å². The van der Waals surface area contributed by atoms with Crippen molar-refractivity contribution in [2.75, 3.05) is 0 Å². The Morgan fingerprint density at radius 2 is 1.03 bits per heavy atom. The zero-order valence-electron chi connectivity index (χ0n) is 18.3. The third kappa shape index (κ3) is 6.46. The van der Waals surface area contributed by atoms with Gasteiger partial charge in [-0.25, -0.2) is 0 Å². The highest BCUT2D eigenvalue weighted by Crippen LogP contribution is 2.24. The van der Waals surface area contributed by atoms with Crippen molar-refractivity contribution in [1.29, 1.82) is 0 Å². The van der Waals surface area contributed by atoms with Gasteiger partial charge in [0.05, 0.1) is 19.8 Å². The Morgan fingerprint density at radius 3 is 1.52 bits per heavy atom. The van der Waals surface area contributed by atoms with E-state index in [1.165, 1.54) is 12.2 Å². The maximum absolute atomic E-state index is 13.0. The highest BCUT2D eigenvalue weighted by molar-refractivity contribution is 5.94. The molecule has 5 heteroatoms. The average Bonchev–Trinajstić information content (AvgIpc) is 2.98. The Balaban J connectivity index is 1.55. The van der Waals surface area contributed by atoms with Gasteiger partial charge >= 0.3 is 0 Å². The van der Waals surface area contributed by atoms with Gasteiger partial charge in [0, 0.05) is 0 Å². The first-order valence-corrected chi connectivity index (χ1v) is 11.1. The predicted molar refractivity (Wildman–Crippen MR) is 125 cm³/mol. The number of ketones is 1. The molecule has 0 radical (unpaired) electrons. The summed E-state index contributed by atoms with van der Waals surface area (Å²) in [6.07, 6.45) is -0.673. The molecule has 3 aromatic rings. The zero-order valence-corrected chi connectivity index (χ0v) is 18.3. The molecule has 0 amide bonds. The Labute approximate surface area is 194 Å². The summed E-state index contributed by atoms with van der Waals surface area (Å²) in [5.74, 6) is -0.256. The van der Waals surface area contributed by atoms with Gasteiger partial charge in [-0.2, -0.15) is 0 Å². The molecule has 4 rings (SSSR count). The number of carbonyl (C=O) groups excluding carboxylic acids is 1. The Kier molecular flexibility index (Phi) is 8.17. The van der Waals surface area contributed by atoms with Crippen LogP contribution in [0.4, 0.5) is 0 Å². The SMILES string of the molecule is O=C1C=C[C@H](O)[C@H](OCc2ccccc2)[C@@H](OCc2ccccc2)[C@@H]1OCc1ccccc1. The van der Waals surface area contributed by atoms with Gasteiger partial charge in [0.25, 0.3) is 0 Å². The van der Waals surface area contributed by atoms with Crippen LogP contribution in [0.1, 0.15) is 16.7 Å². The fourth-order valence-electron chi connectivity index (χ4n) is 3.77. The number of hydrogen-bond donors (Lipinski definition) is 1. The maximum atomic E-state index is 13.0. The molecule has 0 unspecified atom stereocenters. The van der Waals surface area contributed by atoms with E-state index < -0.39 is 24.4 Å². The summed E-state index contributed by atoms with van der Waals surface area (Å²) in [6, 6.07) is 29.1. The van der Waals surface area contributed by atoms with E-state index in [0.717, 1.165) is 16.7 Å². The standard InChI is InChI=1S/C28H28O5/c29-24-16-17-25(30)27(32-19-22-12-6-2-7-13-22)28(33-20-23-14-8-3-9-15-23)26(24)31-18-21-10-4-1-5-11-21/h1-17,24,26-29H,18-20H2/t24-,26-,27+,28+/m0/s1. The third-order valence-electron chi connectivity index (χ3n) is 5.54. The molecule has 33 heavy (non-hydrogen) atoms. The summed E-state index contributed by atoms with van der Waals surface area (Å²) in [4.78, 5) is 13.0. The second-order valence-corrected chi connectivity index (χ2v) is 7.99. The van der Waals surface area contributed by atoms with Crippen LogP contribution in [0, 0.1) is 0 Å². The lowest BCUT2D eigenvalue weighted by molar-refractivity contribution is -0.174. The van der Waals surface area contributed by atoms with Crippen molar-refractivity contribution in [3.8, 4) is 0 Å². The van der Waals surface area contributed by atoms with Crippen LogP contribution in [0.5, 0.6) is 0 Å². The Hall–Kier alpha value is -3.09. The molecular formula is C28H28O5. The number of aliphatic hydroxyl groups is 1. The van der Waals surface area contributed by atoms with Gasteiger partial charge in [0.15, 0.2) is 5.78 Å². The third-order valence-corrected chi connectivity index (χ3v) is 5.54. The van der Waals surface area contributed by atoms with Gasteiger partial charge in [-0.1, -0.05) is 91.0 Å². The topological polar surface area (TPSA) is 65.0 Å². The van der Waals surface area contributed by atoms with Gasteiger partial charge in [0.1, 0.15) is 24.4 Å². The average molecular weight is 445 g/mol. The van der Waals surface area contributed by atoms with E-state index >= 15 is 0 Å². The molecule has 0 aromatic heterocycles. The molecule has 0 spiro atoms. The van der Waals surface area contributed by atoms with Crippen molar-refractivity contribution in [2.45, 2.75) is 44.2 Å². The molecule has 0 saturated heterocycles. The predicted octanol–water partition coefficient (Wildman–Crippen LogP) is 4.24. The number of carbonyl (C=O) groups is 1. The van der Waals surface area contributed by atoms with Crippen LogP contribution in [0.2, 0.25) is 0 Å². The van der Waals surface area contributed by atoms with Gasteiger partial charge < -0.3 is 19.3 Å². The first-order valence-electron chi connectivity index (χ1n) is 11.1. The minimum atomic E-state index is -1.01. The van der Waals surface area contributed by atoms with Gasteiger partial charge in [-0.05, 0) is 28.8 Å². The van der Waals surface area contributed by atoms with Crippen molar-refractivity contribution in [3.63, 3.8) is 0 Å². The summed E-state index contributed by atoms with van der Waals surface area (Å²) < 4.78 is 18.4. The first kappa shape index (κ1) is 23.1. The molecule has 0 aliphatic heterocycles. The van der Waals surface area contributed by atoms with Crippen LogP contribution >= 0.6 is 0 Å². The molecule has 1 aliphatic rings. The van der Waals surface area contributed by atoms with Gasteiger partial charge in [0.2, 0.25) is 0 Å². The summed E-state index contributed by atoms with van der Waals surface area (Å²) in [7, 11) is 0. The van der Waals surface area contributed by atoms with Crippen LogP contribution in [0.25, 0.3) is 0 Å². The minimum absolute atomic E-state index is 0.248. The second kappa shape index (κ2) is 11.7.